The number of hydrogen-bond acceptors (Lipinski definition) is 4. The third kappa shape index (κ3) is 6.91. The van der Waals surface area contributed by atoms with Crippen LogP contribution in [0.3, 0.4) is 0 Å². The zero-order chi connectivity index (χ0) is 12.5. The number of methoxy groups -OCH3 is 1. The molecule has 0 spiro atoms. The average Bonchev–Trinajstić information content (AvgIpc) is 2.34. The summed E-state index contributed by atoms with van der Waals surface area (Å²) in [6.07, 6.45) is 3.69. The van der Waals surface area contributed by atoms with Crippen LogP contribution in [0.1, 0.15) is 25.7 Å². The lowest BCUT2D eigenvalue weighted by Crippen LogP contribution is -2.33. The maximum atomic E-state index is 11.5. The highest BCUT2D eigenvalue weighted by atomic mass is 32.2. The van der Waals surface area contributed by atoms with Gasteiger partial charge in [0.25, 0.3) is 0 Å². The number of ether oxygens (including phenoxy) is 1. The molecule has 0 bridgehead atoms. The molecule has 0 unspecified atom stereocenters. The summed E-state index contributed by atoms with van der Waals surface area (Å²) in [5.41, 5.74) is 0. The fraction of sp³-hybridized carbons (Fsp3) is 0.917. The Kier molecular flexibility index (Phi) is 7.64. The summed E-state index contributed by atoms with van der Waals surface area (Å²) in [6.45, 7) is 1.45. The second-order valence-corrected chi connectivity index (χ2v) is 5.63. The van der Waals surface area contributed by atoms with E-state index in [2.05, 4.69) is 5.32 Å². The average molecular weight is 261 g/mol. The van der Waals surface area contributed by atoms with Crippen molar-refractivity contribution < 1.29 is 14.6 Å². The number of hydrogen-bond donors (Lipinski definition) is 2. The van der Waals surface area contributed by atoms with Gasteiger partial charge in [-0.2, -0.15) is 0 Å². The highest BCUT2D eigenvalue weighted by Gasteiger charge is 2.19. The Balaban J connectivity index is 1.99. The molecule has 100 valence electrons. The van der Waals surface area contributed by atoms with Crippen molar-refractivity contribution in [1.82, 2.24) is 5.32 Å². The van der Waals surface area contributed by atoms with E-state index in [0.29, 0.717) is 18.3 Å². The van der Waals surface area contributed by atoms with E-state index in [1.54, 1.807) is 18.9 Å². The molecule has 17 heavy (non-hydrogen) atoms. The second kappa shape index (κ2) is 8.78. The van der Waals surface area contributed by atoms with Crippen LogP contribution >= 0.6 is 11.8 Å². The van der Waals surface area contributed by atoms with E-state index in [4.69, 9.17) is 4.74 Å². The van der Waals surface area contributed by atoms with Crippen LogP contribution < -0.4 is 5.32 Å². The zero-order valence-corrected chi connectivity index (χ0v) is 11.3. The van der Waals surface area contributed by atoms with Gasteiger partial charge in [-0.1, -0.05) is 0 Å². The summed E-state index contributed by atoms with van der Waals surface area (Å²) in [5.74, 6) is 2.03. The summed E-state index contributed by atoms with van der Waals surface area (Å²) >= 11 is 1.60. The Hall–Kier alpha value is -0.260. The number of carbonyl (C=O) groups excluding carboxylic acids is 1. The van der Waals surface area contributed by atoms with E-state index in [-0.39, 0.29) is 12.0 Å². The molecule has 2 N–H and O–H groups in total. The van der Waals surface area contributed by atoms with Crippen LogP contribution in [0.2, 0.25) is 0 Å². The van der Waals surface area contributed by atoms with Crippen LogP contribution in [-0.4, -0.2) is 48.9 Å². The summed E-state index contributed by atoms with van der Waals surface area (Å²) in [6, 6.07) is 0. The van der Waals surface area contributed by atoms with Gasteiger partial charge >= 0.3 is 0 Å². The molecular weight excluding hydrogens is 238 g/mol. The molecule has 0 aromatic heterocycles. The van der Waals surface area contributed by atoms with Crippen LogP contribution in [-0.2, 0) is 9.53 Å². The smallest absolute Gasteiger partial charge is 0.230 e. The molecule has 0 radical (unpaired) electrons. The van der Waals surface area contributed by atoms with Crippen molar-refractivity contribution in [2.45, 2.75) is 31.8 Å². The minimum Gasteiger partial charge on any atom is -0.393 e. The number of amides is 1. The standard InChI is InChI=1S/C12H23NO3S/c1-16-6-7-17-9-12(15)13-8-10-2-4-11(14)5-3-10/h10-11,14H,2-9H2,1H3,(H,13,15). The molecule has 1 aliphatic rings. The third-order valence-corrected chi connectivity index (χ3v) is 3.99. The summed E-state index contributed by atoms with van der Waals surface area (Å²) in [4.78, 5) is 11.5. The first-order valence-corrected chi connectivity index (χ1v) is 7.39. The SMILES string of the molecule is COCCSCC(=O)NCC1CCC(O)CC1. The largest absolute Gasteiger partial charge is 0.393 e. The molecule has 5 heteroatoms. The Morgan fingerprint density at radius 3 is 2.76 bits per heavy atom. The van der Waals surface area contributed by atoms with Crippen LogP contribution in [0.25, 0.3) is 0 Å². The van der Waals surface area contributed by atoms with Crippen LogP contribution in [0.15, 0.2) is 0 Å². The molecule has 0 aromatic rings. The fourth-order valence-electron chi connectivity index (χ4n) is 1.97. The molecule has 1 amide bonds. The second-order valence-electron chi connectivity index (χ2n) is 4.52. The molecule has 0 saturated heterocycles. The van der Waals surface area contributed by atoms with E-state index in [1.807, 2.05) is 0 Å². The van der Waals surface area contributed by atoms with Crippen molar-refractivity contribution in [2.24, 2.45) is 5.92 Å². The van der Waals surface area contributed by atoms with Gasteiger partial charge in [0.05, 0.1) is 18.5 Å². The predicted molar refractivity (Wildman–Crippen MR) is 70.2 cm³/mol. The van der Waals surface area contributed by atoms with Gasteiger partial charge in [0.2, 0.25) is 5.91 Å². The predicted octanol–water partition coefficient (Wildman–Crippen LogP) is 1.03. The molecule has 0 atom stereocenters. The molecular formula is C12H23NO3S. The first kappa shape index (κ1) is 14.8. The van der Waals surface area contributed by atoms with E-state index < -0.39 is 0 Å². The van der Waals surface area contributed by atoms with E-state index in [9.17, 15) is 9.90 Å². The van der Waals surface area contributed by atoms with Gasteiger partial charge in [0.1, 0.15) is 0 Å². The Morgan fingerprint density at radius 1 is 1.41 bits per heavy atom. The third-order valence-electron chi connectivity index (χ3n) is 3.07. The minimum atomic E-state index is -0.119. The van der Waals surface area contributed by atoms with Crippen molar-refractivity contribution in [2.75, 3.05) is 31.8 Å². The highest BCUT2D eigenvalue weighted by Crippen LogP contribution is 2.23. The number of aliphatic hydroxyl groups is 1. The lowest BCUT2D eigenvalue weighted by atomic mass is 9.87. The van der Waals surface area contributed by atoms with Crippen molar-refractivity contribution in [3.05, 3.63) is 0 Å². The van der Waals surface area contributed by atoms with Gasteiger partial charge < -0.3 is 15.2 Å². The lowest BCUT2D eigenvalue weighted by Gasteiger charge is -2.25. The van der Waals surface area contributed by atoms with Crippen molar-refractivity contribution in [3.63, 3.8) is 0 Å². The van der Waals surface area contributed by atoms with Gasteiger partial charge in [-0.25, -0.2) is 0 Å². The van der Waals surface area contributed by atoms with Crippen molar-refractivity contribution in [1.29, 1.82) is 0 Å². The highest BCUT2D eigenvalue weighted by molar-refractivity contribution is 7.99. The maximum absolute atomic E-state index is 11.5. The molecule has 4 nitrogen and oxygen atoms in total. The van der Waals surface area contributed by atoms with E-state index in [1.165, 1.54) is 0 Å². The number of thioether (sulfide) groups is 1. The van der Waals surface area contributed by atoms with Crippen LogP contribution in [0.5, 0.6) is 0 Å². The topological polar surface area (TPSA) is 58.6 Å². The summed E-state index contributed by atoms with van der Waals surface area (Å²) in [5, 5.41) is 12.3. The quantitative estimate of drug-likeness (QED) is 0.672. The number of rotatable bonds is 7. The van der Waals surface area contributed by atoms with Crippen LogP contribution in [0.4, 0.5) is 0 Å². The molecule has 1 rings (SSSR count). The molecule has 1 fully saturated rings. The molecule has 0 aliphatic heterocycles. The Labute approximate surface area is 107 Å². The number of carbonyl (C=O) groups is 1. The molecule has 0 heterocycles. The lowest BCUT2D eigenvalue weighted by molar-refractivity contribution is -0.118. The minimum absolute atomic E-state index is 0.109. The van der Waals surface area contributed by atoms with Gasteiger partial charge in [0.15, 0.2) is 0 Å². The normalized spacial score (nSPS) is 24.6. The maximum Gasteiger partial charge on any atom is 0.230 e. The first-order valence-electron chi connectivity index (χ1n) is 6.23. The van der Waals surface area contributed by atoms with E-state index >= 15 is 0 Å². The van der Waals surface area contributed by atoms with Gasteiger partial charge in [0, 0.05) is 19.4 Å². The Morgan fingerprint density at radius 2 is 2.12 bits per heavy atom. The zero-order valence-electron chi connectivity index (χ0n) is 10.5. The van der Waals surface area contributed by atoms with Crippen molar-refractivity contribution in [3.8, 4) is 0 Å². The number of nitrogens with one attached hydrogen (secondary N) is 1. The number of aliphatic hydroxyl groups excluding tert-OH is 1. The fourth-order valence-corrected chi connectivity index (χ4v) is 2.68. The van der Waals surface area contributed by atoms with E-state index in [0.717, 1.165) is 38.0 Å². The van der Waals surface area contributed by atoms with Gasteiger partial charge in [-0.3, -0.25) is 4.79 Å². The first-order chi connectivity index (χ1) is 8.22. The van der Waals surface area contributed by atoms with Gasteiger partial charge in [-0.15, -0.1) is 11.8 Å². The summed E-state index contributed by atoms with van der Waals surface area (Å²) in [7, 11) is 1.66. The van der Waals surface area contributed by atoms with Crippen molar-refractivity contribution >= 4 is 17.7 Å². The Bertz CT molecular complexity index is 218. The van der Waals surface area contributed by atoms with Gasteiger partial charge in [-0.05, 0) is 31.6 Å². The summed E-state index contributed by atoms with van der Waals surface area (Å²) < 4.78 is 4.91. The molecule has 1 saturated carbocycles. The monoisotopic (exact) mass is 261 g/mol. The molecule has 1 aliphatic carbocycles. The molecule has 0 aromatic carbocycles. The van der Waals surface area contributed by atoms with Crippen LogP contribution in [0, 0.1) is 5.92 Å².